The van der Waals surface area contributed by atoms with E-state index in [9.17, 15) is 24.7 Å². The lowest BCUT2D eigenvalue weighted by Crippen LogP contribution is -2.20. The van der Waals surface area contributed by atoms with Crippen LogP contribution in [0.5, 0.6) is 0 Å². The normalized spacial score (nSPS) is 14.4. The summed E-state index contributed by atoms with van der Waals surface area (Å²) in [4.78, 5) is 9.60. The summed E-state index contributed by atoms with van der Waals surface area (Å²) >= 11 is 5.38. The lowest BCUT2D eigenvalue weighted by molar-refractivity contribution is -0.387. The molecule has 0 amide bonds. The Morgan fingerprint density at radius 1 is 1.47 bits per heavy atom. The number of alkyl halides is 1. The summed E-state index contributed by atoms with van der Waals surface area (Å²) in [6, 6.07) is 3.41. The van der Waals surface area contributed by atoms with Gasteiger partial charge in [-0.25, -0.2) is 0 Å². The van der Waals surface area contributed by atoms with Gasteiger partial charge in [0.15, 0.2) is 0 Å². The first kappa shape index (κ1) is 13.8. The van der Waals surface area contributed by atoms with Gasteiger partial charge in [0.2, 0.25) is 5.82 Å². The molecule has 0 fully saturated rings. The van der Waals surface area contributed by atoms with E-state index in [0.29, 0.717) is 0 Å². The van der Waals surface area contributed by atoms with Crippen LogP contribution in [0, 0.1) is 15.9 Å². The SMILES string of the molecule is O=[N+]([O-])c1cccc(C(O)C(O)CCCl)c1F. The maximum atomic E-state index is 13.6. The van der Waals surface area contributed by atoms with Crippen molar-refractivity contribution in [3.05, 3.63) is 39.7 Å². The third-order valence-electron chi connectivity index (χ3n) is 2.29. The largest absolute Gasteiger partial charge is 0.390 e. The van der Waals surface area contributed by atoms with Gasteiger partial charge in [0, 0.05) is 17.5 Å². The van der Waals surface area contributed by atoms with E-state index in [1.807, 2.05) is 0 Å². The van der Waals surface area contributed by atoms with E-state index in [0.717, 1.165) is 6.07 Å². The number of nitro benzene ring substituents is 1. The maximum absolute atomic E-state index is 13.6. The van der Waals surface area contributed by atoms with E-state index in [1.165, 1.54) is 12.1 Å². The Hall–Kier alpha value is -1.24. The highest BCUT2D eigenvalue weighted by Gasteiger charge is 2.26. The average molecular weight is 264 g/mol. The minimum Gasteiger partial charge on any atom is -0.390 e. The van der Waals surface area contributed by atoms with Crippen molar-refractivity contribution in [1.29, 1.82) is 0 Å². The van der Waals surface area contributed by atoms with Crippen LogP contribution in [0.1, 0.15) is 18.1 Å². The molecule has 94 valence electrons. The standard InChI is InChI=1S/C10H11ClFNO4/c11-5-4-8(14)10(15)6-2-1-3-7(9(6)12)13(16)17/h1-3,8,10,14-15H,4-5H2. The first-order chi connectivity index (χ1) is 7.99. The Morgan fingerprint density at radius 3 is 2.65 bits per heavy atom. The zero-order valence-corrected chi connectivity index (χ0v) is 9.47. The second-order valence-electron chi connectivity index (χ2n) is 3.43. The lowest BCUT2D eigenvalue weighted by atomic mass is 10.0. The lowest BCUT2D eigenvalue weighted by Gasteiger charge is -2.17. The molecular weight excluding hydrogens is 253 g/mol. The van der Waals surface area contributed by atoms with E-state index in [2.05, 4.69) is 0 Å². The number of nitro groups is 1. The van der Waals surface area contributed by atoms with Gasteiger partial charge < -0.3 is 10.2 Å². The molecule has 0 bridgehead atoms. The summed E-state index contributed by atoms with van der Waals surface area (Å²) in [5.41, 5.74) is -1.04. The molecule has 5 nitrogen and oxygen atoms in total. The van der Waals surface area contributed by atoms with Gasteiger partial charge in [-0.1, -0.05) is 12.1 Å². The second-order valence-corrected chi connectivity index (χ2v) is 3.81. The van der Waals surface area contributed by atoms with Gasteiger partial charge in [0.25, 0.3) is 0 Å². The van der Waals surface area contributed by atoms with Crippen molar-refractivity contribution in [3.63, 3.8) is 0 Å². The summed E-state index contributed by atoms with van der Waals surface area (Å²) in [5.74, 6) is -1.05. The number of aliphatic hydroxyl groups is 2. The molecule has 0 saturated heterocycles. The van der Waals surface area contributed by atoms with Crippen molar-refractivity contribution < 1.29 is 19.5 Å². The summed E-state index contributed by atoms with van der Waals surface area (Å²) in [5, 5.41) is 29.6. The van der Waals surface area contributed by atoms with Crippen LogP contribution < -0.4 is 0 Å². The molecule has 0 radical (unpaired) electrons. The number of benzene rings is 1. The number of hydrogen-bond acceptors (Lipinski definition) is 4. The van der Waals surface area contributed by atoms with E-state index in [4.69, 9.17) is 11.6 Å². The van der Waals surface area contributed by atoms with Crippen LogP contribution >= 0.6 is 11.6 Å². The molecule has 2 atom stereocenters. The van der Waals surface area contributed by atoms with Crippen molar-refractivity contribution >= 4 is 17.3 Å². The first-order valence-electron chi connectivity index (χ1n) is 4.84. The van der Waals surface area contributed by atoms with Gasteiger partial charge in [-0.05, 0) is 6.42 Å². The third-order valence-corrected chi connectivity index (χ3v) is 2.51. The molecule has 0 saturated carbocycles. The highest BCUT2D eigenvalue weighted by Crippen LogP contribution is 2.27. The molecule has 0 aromatic heterocycles. The Kier molecular flexibility index (Phi) is 4.80. The van der Waals surface area contributed by atoms with Gasteiger partial charge in [0.05, 0.1) is 11.0 Å². The van der Waals surface area contributed by atoms with Gasteiger partial charge in [-0.2, -0.15) is 4.39 Å². The second kappa shape index (κ2) is 5.90. The summed E-state index contributed by atoms with van der Waals surface area (Å²) < 4.78 is 13.6. The van der Waals surface area contributed by atoms with E-state index in [-0.39, 0.29) is 17.9 Å². The fraction of sp³-hybridized carbons (Fsp3) is 0.400. The van der Waals surface area contributed by atoms with Gasteiger partial charge in [-0.3, -0.25) is 10.1 Å². The molecule has 1 aromatic rings. The smallest absolute Gasteiger partial charge is 0.305 e. The predicted octanol–water partition coefficient (Wildman–Crippen LogP) is 1.76. The van der Waals surface area contributed by atoms with Gasteiger partial charge in [0.1, 0.15) is 6.10 Å². The van der Waals surface area contributed by atoms with Crippen LogP contribution in [0.3, 0.4) is 0 Å². The summed E-state index contributed by atoms with van der Waals surface area (Å²) in [6.07, 6.45) is -2.73. The van der Waals surface area contributed by atoms with Crippen molar-refractivity contribution in [2.24, 2.45) is 0 Å². The van der Waals surface area contributed by atoms with Crippen molar-refractivity contribution in [2.75, 3.05) is 5.88 Å². The molecule has 0 heterocycles. The number of halogens is 2. The Labute approximate surface area is 102 Å². The highest BCUT2D eigenvalue weighted by atomic mass is 35.5. The average Bonchev–Trinajstić information content (AvgIpc) is 2.28. The van der Waals surface area contributed by atoms with Crippen LogP contribution in [-0.2, 0) is 0 Å². The molecule has 0 aliphatic carbocycles. The third kappa shape index (κ3) is 3.12. The molecular formula is C10H11ClFNO4. The molecule has 1 aromatic carbocycles. The van der Waals surface area contributed by atoms with Crippen molar-refractivity contribution in [3.8, 4) is 0 Å². The van der Waals surface area contributed by atoms with E-state index < -0.39 is 28.6 Å². The predicted molar refractivity (Wildman–Crippen MR) is 59.4 cm³/mol. The molecule has 1 rings (SSSR count). The Morgan fingerprint density at radius 2 is 2.12 bits per heavy atom. The fourth-order valence-corrected chi connectivity index (χ4v) is 1.61. The number of aliphatic hydroxyl groups excluding tert-OH is 2. The molecule has 7 heteroatoms. The molecule has 0 spiro atoms. The highest BCUT2D eigenvalue weighted by molar-refractivity contribution is 6.17. The molecule has 2 unspecified atom stereocenters. The van der Waals surface area contributed by atoms with E-state index >= 15 is 0 Å². The van der Waals surface area contributed by atoms with E-state index in [1.54, 1.807) is 0 Å². The van der Waals surface area contributed by atoms with Gasteiger partial charge >= 0.3 is 5.69 Å². The zero-order valence-electron chi connectivity index (χ0n) is 8.72. The van der Waals surface area contributed by atoms with Crippen molar-refractivity contribution in [1.82, 2.24) is 0 Å². The minimum atomic E-state index is -1.53. The fourth-order valence-electron chi connectivity index (χ4n) is 1.38. The molecule has 0 aliphatic heterocycles. The zero-order chi connectivity index (χ0) is 13.0. The number of rotatable bonds is 5. The Balaban J connectivity index is 3.06. The molecule has 2 N–H and O–H groups in total. The van der Waals surface area contributed by atoms with Crippen LogP contribution in [-0.4, -0.2) is 27.1 Å². The summed E-state index contributed by atoms with van der Waals surface area (Å²) in [6.45, 7) is 0. The maximum Gasteiger partial charge on any atom is 0.305 e. The van der Waals surface area contributed by atoms with Crippen LogP contribution in [0.4, 0.5) is 10.1 Å². The summed E-state index contributed by atoms with van der Waals surface area (Å²) in [7, 11) is 0. The van der Waals surface area contributed by atoms with Crippen LogP contribution in [0.2, 0.25) is 0 Å². The van der Waals surface area contributed by atoms with Crippen LogP contribution in [0.15, 0.2) is 18.2 Å². The van der Waals surface area contributed by atoms with Gasteiger partial charge in [-0.15, -0.1) is 11.6 Å². The van der Waals surface area contributed by atoms with Crippen molar-refractivity contribution in [2.45, 2.75) is 18.6 Å². The van der Waals surface area contributed by atoms with Crippen LogP contribution in [0.25, 0.3) is 0 Å². The molecule has 17 heavy (non-hydrogen) atoms. The monoisotopic (exact) mass is 263 g/mol. The first-order valence-corrected chi connectivity index (χ1v) is 5.37. The number of nitrogens with zero attached hydrogens (tertiary/aromatic N) is 1. The Bertz CT molecular complexity index is 415. The molecule has 0 aliphatic rings. The number of hydrogen-bond donors (Lipinski definition) is 2. The topological polar surface area (TPSA) is 83.6 Å². The minimum absolute atomic E-state index is 0.0604. The quantitative estimate of drug-likeness (QED) is 0.482.